The van der Waals surface area contributed by atoms with Crippen molar-refractivity contribution in [1.29, 1.82) is 0 Å². The Labute approximate surface area is 130 Å². The van der Waals surface area contributed by atoms with Crippen LogP contribution in [0.4, 0.5) is 0 Å². The van der Waals surface area contributed by atoms with Gasteiger partial charge in [0.25, 0.3) is 0 Å². The number of likely N-dealkylation sites (tertiary alicyclic amines) is 1. The average molecular weight is 308 g/mol. The lowest BCUT2D eigenvalue weighted by Gasteiger charge is -2.31. The molecule has 0 aromatic heterocycles. The molecule has 2 fully saturated rings. The van der Waals surface area contributed by atoms with Crippen molar-refractivity contribution >= 4 is 17.5 Å². The van der Waals surface area contributed by atoms with Gasteiger partial charge in [-0.1, -0.05) is 43.0 Å². The number of benzene rings is 1. The number of halogens is 1. The zero-order chi connectivity index (χ0) is 14.8. The summed E-state index contributed by atoms with van der Waals surface area (Å²) in [5.41, 5.74) is 0.850. The van der Waals surface area contributed by atoms with E-state index in [4.69, 9.17) is 11.6 Å². The number of hydrogen-bond acceptors (Lipinski definition) is 2. The maximum absolute atomic E-state index is 12.3. The van der Waals surface area contributed by atoms with Crippen molar-refractivity contribution in [2.24, 2.45) is 5.92 Å². The van der Waals surface area contributed by atoms with Gasteiger partial charge in [-0.15, -0.1) is 0 Å². The molecule has 1 N–H and O–H groups in total. The van der Waals surface area contributed by atoms with Gasteiger partial charge in [-0.25, -0.2) is 0 Å². The summed E-state index contributed by atoms with van der Waals surface area (Å²) in [4.78, 5) is 14.3. The molecular formula is C17H22ClNO2. The summed E-state index contributed by atoms with van der Waals surface area (Å²) in [6, 6.07) is 7.67. The van der Waals surface area contributed by atoms with Crippen LogP contribution in [0.5, 0.6) is 0 Å². The van der Waals surface area contributed by atoms with Crippen molar-refractivity contribution in [1.82, 2.24) is 4.90 Å². The SMILES string of the molecule is O=C1CC(C(O)c2ccc(Cl)cc2)CN1C1CCCCC1. The van der Waals surface area contributed by atoms with Gasteiger partial charge in [0.05, 0.1) is 6.10 Å². The lowest BCUT2D eigenvalue weighted by atomic mass is 9.93. The number of aliphatic hydroxyl groups is 1. The van der Waals surface area contributed by atoms with Gasteiger partial charge >= 0.3 is 0 Å². The van der Waals surface area contributed by atoms with Crippen LogP contribution in [0.2, 0.25) is 5.02 Å². The molecule has 21 heavy (non-hydrogen) atoms. The first-order valence-electron chi connectivity index (χ1n) is 7.88. The van der Waals surface area contributed by atoms with Crippen LogP contribution in [-0.2, 0) is 4.79 Å². The van der Waals surface area contributed by atoms with Crippen molar-refractivity contribution in [2.45, 2.75) is 50.7 Å². The normalized spacial score (nSPS) is 25.3. The third-order valence-electron chi connectivity index (χ3n) is 4.86. The summed E-state index contributed by atoms with van der Waals surface area (Å²) in [6.45, 7) is 0.688. The molecule has 1 amide bonds. The molecule has 2 unspecified atom stereocenters. The highest BCUT2D eigenvalue weighted by Crippen LogP contribution is 2.34. The number of aliphatic hydroxyl groups excluding tert-OH is 1. The molecule has 3 rings (SSSR count). The van der Waals surface area contributed by atoms with E-state index in [1.807, 2.05) is 17.0 Å². The molecule has 1 aromatic rings. The molecule has 2 atom stereocenters. The summed E-state index contributed by atoms with van der Waals surface area (Å²) in [5, 5.41) is 11.2. The van der Waals surface area contributed by atoms with Gasteiger partial charge in [-0.05, 0) is 30.5 Å². The summed E-state index contributed by atoms with van der Waals surface area (Å²) < 4.78 is 0. The fourth-order valence-electron chi connectivity index (χ4n) is 3.65. The van der Waals surface area contributed by atoms with Crippen LogP contribution in [0, 0.1) is 5.92 Å². The van der Waals surface area contributed by atoms with E-state index < -0.39 is 6.10 Å². The van der Waals surface area contributed by atoms with E-state index >= 15 is 0 Å². The minimum absolute atomic E-state index is 0.000557. The predicted octanol–water partition coefficient (Wildman–Crippen LogP) is 3.55. The van der Waals surface area contributed by atoms with Gasteiger partial charge in [0.15, 0.2) is 0 Å². The minimum atomic E-state index is -0.584. The molecular weight excluding hydrogens is 286 g/mol. The third-order valence-corrected chi connectivity index (χ3v) is 5.11. The van der Waals surface area contributed by atoms with Crippen LogP contribution in [0.1, 0.15) is 50.2 Å². The fraction of sp³-hybridized carbons (Fsp3) is 0.588. The molecule has 0 bridgehead atoms. The monoisotopic (exact) mass is 307 g/mol. The zero-order valence-corrected chi connectivity index (χ0v) is 12.9. The molecule has 1 heterocycles. The topological polar surface area (TPSA) is 40.5 Å². The minimum Gasteiger partial charge on any atom is -0.388 e. The van der Waals surface area contributed by atoms with E-state index in [0.717, 1.165) is 18.4 Å². The molecule has 3 nitrogen and oxygen atoms in total. The molecule has 1 saturated heterocycles. The Morgan fingerprint density at radius 3 is 2.48 bits per heavy atom. The smallest absolute Gasteiger partial charge is 0.223 e. The first kappa shape index (κ1) is 14.9. The molecule has 114 valence electrons. The number of hydrogen-bond donors (Lipinski definition) is 1. The van der Waals surface area contributed by atoms with Crippen molar-refractivity contribution in [3.8, 4) is 0 Å². The quantitative estimate of drug-likeness (QED) is 0.927. The number of nitrogens with zero attached hydrogens (tertiary/aromatic N) is 1. The number of rotatable bonds is 3. The average Bonchev–Trinajstić information content (AvgIpc) is 2.90. The van der Waals surface area contributed by atoms with Crippen molar-refractivity contribution in [3.63, 3.8) is 0 Å². The molecule has 0 radical (unpaired) electrons. The first-order valence-corrected chi connectivity index (χ1v) is 8.26. The standard InChI is InChI=1S/C17H22ClNO2/c18-14-8-6-12(7-9-14)17(21)13-10-16(20)19(11-13)15-4-2-1-3-5-15/h6-9,13,15,17,21H,1-5,10-11H2. The summed E-state index contributed by atoms with van der Waals surface area (Å²) in [7, 11) is 0. The highest BCUT2D eigenvalue weighted by Gasteiger charge is 2.38. The highest BCUT2D eigenvalue weighted by atomic mass is 35.5. The summed E-state index contributed by atoms with van der Waals surface area (Å²) >= 11 is 5.88. The van der Waals surface area contributed by atoms with Crippen LogP contribution in [0.25, 0.3) is 0 Å². The van der Waals surface area contributed by atoms with E-state index in [2.05, 4.69) is 0 Å². The Balaban J connectivity index is 1.67. The van der Waals surface area contributed by atoms with E-state index in [1.165, 1.54) is 19.3 Å². The Hall–Kier alpha value is -1.06. The summed E-state index contributed by atoms with van der Waals surface area (Å²) in [6.07, 6.45) is 5.85. The number of amides is 1. The zero-order valence-electron chi connectivity index (χ0n) is 12.2. The van der Waals surface area contributed by atoms with E-state index in [0.29, 0.717) is 24.0 Å². The Morgan fingerprint density at radius 1 is 1.14 bits per heavy atom. The second-order valence-corrected chi connectivity index (χ2v) is 6.73. The predicted molar refractivity (Wildman–Crippen MR) is 83.1 cm³/mol. The second kappa shape index (κ2) is 6.37. The van der Waals surface area contributed by atoms with Crippen molar-refractivity contribution < 1.29 is 9.90 Å². The largest absolute Gasteiger partial charge is 0.388 e. The lowest BCUT2D eigenvalue weighted by Crippen LogP contribution is -2.38. The second-order valence-electron chi connectivity index (χ2n) is 6.30. The van der Waals surface area contributed by atoms with Crippen LogP contribution < -0.4 is 0 Å². The molecule has 1 aromatic carbocycles. The van der Waals surface area contributed by atoms with Gasteiger partial charge in [0, 0.05) is 29.9 Å². The highest BCUT2D eigenvalue weighted by molar-refractivity contribution is 6.30. The Morgan fingerprint density at radius 2 is 1.81 bits per heavy atom. The maximum atomic E-state index is 12.3. The summed E-state index contributed by atoms with van der Waals surface area (Å²) in [5.74, 6) is 0.209. The number of carbonyl (C=O) groups excluding carboxylic acids is 1. The van der Waals surface area contributed by atoms with Crippen LogP contribution in [0.3, 0.4) is 0 Å². The fourth-order valence-corrected chi connectivity index (χ4v) is 3.78. The molecule has 1 aliphatic heterocycles. The Bertz CT molecular complexity index is 496. The van der Waals surface area contributed by atoms with Crippen LogP contribution >= 0.6 is 11.6 Å². The molecule has 0 spiro atoms. The van der Waals surface area contributed by atoms with Gasteiger partial charge in [0.1, 0.15) is 0 Å². The molecule has 2 aliphatic rings. The van der Waals surface area contributed by atoms with Gasteiger partial charge in [0.2, 0.25) is 5.91 Å². The van der Waals surface area contributed by atoms with E-state index in [-0.39, 0.29) is 11.8 Å². The molecule has 4 heteroatoms. The van der Waals surface area contributed by atoms with Crippen molar-refractivity contribution in [3.05, 3.63) is 34.9 Å². The van der Waals surface area contributed by atoms with E-state index in [9.17, 15) is 9.90 Å². The Kier molecular flexibility index (Phi) is 4.51. The van der Waals surface area contributed by atoms with E-state index in [1.54, 1.807) is 12.1 Å². The third kappa shape index (κ3) is 3.24. The van der Waals surface area contributed by atoms with Crippen LogP contribution in [0.15, 0.2) is 24.3 Å². The number of carbonyl (C=O) groups is 1. The lowest BCUT2D eigenvalue weighted by molar-refractivity contribution is -0.130. The molecule has 1 saturated carbocycles. The van der Waals surface area contributed by atoms with Crippen molar-refractivity contribution in [2.75, 3.05) is 6.54 Å². The first-order chi connectivity index (χ1) is 10.1. The maximum Gasteiger partial charge on any atom is 0.223 e. The van der Waals surface area contributed by atoms with Gasteiger partial charge in [-0.2, -0.15) is 0 Å². The van der Waals surface area contributed by atoms with Gasteiger partial charge < -0.3 is 10.0 Å². The molecule has 1 aliphatic carbocycles. The van der Waals surface area contributed by atoms with Crippen LogP contribution in [-0.4, -0.2) is 28.5 Å². The van der Waals surface area contributed by atoms with Gasteiger partial charge in [-0.3, -0.25) is 4.79 Å².